The lowest BCUT2D eigenvalue weighted by molar-refractivity contribution is -0.384. The van der Waals surface area contributed by atoms with E-state index in [0.29, 0.717) is 41.2 Å². The topological polar surface area (TPSA) is 116 Å². The van der Waals surface area contributed by atoms with E-state index in [-0.39, 0.29) is 41.5 Å². The lowest BCUT2D eigenvalue weighted by atomic mass is 9.99. The zero-order valence-electron chi connectivity index (χ0n) is 17.2. The van der Waals surface area contributed by atoms with Crippen molar-refractivity contribution in [3.05, 3.63) is 68.5 Å². The molecule has 3 aliphatic rings. The predicted molar refractivity (Wildman–Crippen MR) is 115 cm³/mol. The second-order valence-electron chi connectivity index (χ2n) is 8.24. The number of nitrogens with zero attached hydrogens (tertiary/aromatic N) is 2. The molecular formula is C22H20N2O7S. The van der Waals surface area contributed by atoms with Crippen molar-refractivity contribution in [3.63, 3.8) is 0 Å². The summed E-state index contributed by atoms with van der Waals surface area (Å²) in [5.74, 6) is 1.14. The fourth-order valence-electron chi connectivity index (χ4n) is 4.44. The van der Waals surface area contributed by atoms with Crippen LogP contribution in [0.2, 0.25) is 0 Å². The van der Waals surface area contributed by atoms with Gasteiger partial charge in [0.2, 0.25) is 5.78 Å². The van der Waals surface area contributed by atoms with E-state index in [1.165, 1.54) is 18.2 Å². The number of sulfone groups is 1. The average Bonchev–Trinajstić information content (AvgIpc) is 3.28. The van der Waals surface area contributed by atoms with Crippen LogP contribution in [0.4, 0.5) is 5.69 Å². The SMILES string of the molecule is Cc1c2c(cc3c1O/C(=C\c1cccc([N+](=O)[O-])c1)C3=O)CN(C1CCS(=O)(=O)C1)CO2. The highest BCUT2D eigenvalue weighted by atomic mass is 32.2. The summed E-state index contributed by atoms with van der Waals surface area (Å²) in [4.78, 5) is 25.5. The van der Waals surface area contributed by atoms with Gasteiger partial charge in [0, 0.05) is 35.8 Å². The van der Waals surface area contributed by atoms with Gasteiger partial charge in [-0.2, -0.15) is 0 Å². The molecule has 0 N–H and O–H groups in total. The maximum absolute atomic E-state index is 13.0. The fourth-order valence-corrected chi connectivity index (χ4v) is 6.20. The number of nitro groups is 1. The number of carbonyl (C=O) groups excluding carboxylic acids is 1. The standard InChI is InChI=1S/C22H20N2O7S/c1-13-21-15(10-23(12-30-21)17-5-6-32(28,29)11-17)9-18-20(25)19(31-22(13)18)8-14-3-2-4-16(7-14)24(26)27/h2-4,7-9,17H,5-6,10-12H2,1H3/b19-8-. The molecule has 32 heavy (non-hydrogen) atoms. The Kier molecular flexibility index (Phi) is 4.79. The molecule has 1 unspecified atom stereocenters. The van der Waals surface area contributed by atoms with E-state index >= 15 is 0 Å². The molecule has 2 aromatic carbocycles. The monoisotopic (exact) mass is 456 g/mol. The van der Waals surface area contributed by atoms with Crippen LogP contribution in [0.25, 0.3) is 6.08 Å². The zero-order chi connectivity index (χ0) is 22.6. The Labute approximate surface area is 184 Å². The van der Waals surface area contributed by atoms with Gasteiger partial charge in [-0.15, -0.1) is 0 Å². The van der Waals surface area contributed by atoms with Gasteiger partial charge in [-0.05, 0) is 31.1 Å². The predicted octanol–water partition coefficient (Wildman–Crippen LogP) is 2.86. The van der Waals surface area contributed by atoms with Gasteiger partial charge in [-0.3, -0.25) is 19.8 Å². The van der Waals surface area contributed by atoms with E-state index in [9.17, 15) is 23.3 Å². The maximum atomic E-state index is 13.0. The van der Waals surface area contributed by atoms with Crippen LogP contribution in [0.3, 0.4) is 0 Å². The summed E-state index contributed by atoms with van der Waals surface area (Å²) in [6, 6.07) is 7.61. The first-order valence-corrected chi connectivity index (χ1v) is 12.0. The Morgan fingerprint density at radius 2 is 2.06 bits per heavy atom. The molecule has 9 nitrogen and oxygen atoms in total. The highest BCUT2D eigenvalue weighted by molar-refractivity contribution is 7.91. The molecule has 2 aromatic rings. The first kappa shape index (κ1) is 20.7. The molecule has 0 amide bonds. The molecule has 3 heterocycles. The number of nitro benzene ring substituents is 1. The van der Waals surface area contributed by atoms with Crippen molar-refractivity contribution in [2.75, 3.05) is 18.2 Å². The first-order chi connectivity index (χ1) is 15.2. The normalized spacial score (nSPS) is 22.8. The molecular weight excluding hydrogens is 436 g/mol. The van der Waals surface area contributed by atoms with Crippen molar-refractivity contribution in [2.45, 2.75) is 25.9 Å². The van der Waals surface area contributed by atoms with Crippen LogP contribution < -0.4 is 9.47 Å². The minimum absolute atomic E-state index is 0.0728. The molecule has 1 fully saturated rings. The largest absolute Gasteiger partial charge is 0.477 e. The molecule has 0 bridgehead atoms. The van der Waals surface area contributed by atoms with Gasteiger partial charge in [-0.1, -0.05) is 12.1 Å². The number of ether oxygens (including phenoxy) is 2. The summed E-state index contributed by atoms with van der Waals surface area (Å²) in [5, 5.41) is 11.0. The van der Waals surface area contributed by atoms with Gasteiger partial charge in [0.15, 0.2) is 15.6 Å². The molecule has 1 saturated heterocycles. The second-order valence-corrected chi connectivity index (χ2v) is 10.5. The number of Topliss-reactive ketones (excluding diaryl/α,β-unsaturated/α-hetero) is 1. The lowest BCUT2D eigenvalue weighted by Crippen LogP contribution is -2.41. The number of ketones is 1. The third kappa shape index (κ3) is 3.55. The Balaban J connectivity index is 1.44. The van der Waals surface area contributed by atoms with Crippen LogP contribution in [-0.4, -0.2) is 48.3 Å². The van der Waals surface area contributed by atoms with Crippen molar-refractivity contribution in [2.24, 2.45) is 0 Å². The minimum Gasteiger partial charge on any atom is -0.477 e. The molecule has 0 aliphatic carbocycles. The van der Waals surface area contributed by atoms with E-state index in [1.807, 2.05) is 11.8 Å². The molecule has 166 valence electrons. The number of allylic oxidation sites excluding steroid dienone is 1. The quantitative estimate of drug-likeness (QED) is 0.393. The Bertz CT molecular complexity index is 1300. The van der Waals surface area contributed by atoms with Crippen molar-refractivity contribution < 1.29 is 27.6 Å². The van der Waals surface area contributed by atoms with Gasteiger partial charge in [0.05, 0.1) is 22.0 Å². The van der Waals surface area contributed by atoms with Crippen LogP contribution in [0.1, 0.15) is 33.5 Å². The molecule has 5 rings (SSSR count). The number of carbonyl (C=O) groups is 1. The van der Waals surface area contributed by atoms with E-state index in [0.717, 1.165) is 5.56 Å². The number of rotatable bonds is 3. The number of hydrogen-bond acceptors (Lipinski definition) is 8. The third-order valence-electron chi connectivity index (χ3n) is 6.07. The third-order valence-corrected chi connectivity index (χ3v) is 7.82. The fraction of sp³-hybridized carbons (Fsp3) is 0.318. The molecule has 3 aliphatic heterocycles. The number of hydrogen-bond donors (Lipinski definition) is 0. The molecule has 0 aromatic heterocycles. The Morgan fingerprint density at radius 1 is 1.25 bits per heavy atom. The van der Waals surface area contributed by atoms with Crippen LogP contribution in [0, 0.1) is 17.0 Å². The van der Waals surface area contributed by atoms with Crippen LogP contribution in [-0.2, 0) is 16.4 Å². The first-order valence-electron chi connectivity index (χ1n) is 10.1. The summed E-state index contributed by atoms with van der Waals surface area (Å²) in [7, 11) is -3.02. The van der Waals surface area contributed by atoms with Crippen LogP contribution in [0.5, 0.6) is 11.5 Å². The summed E-state index contributed by atoms with van der Waals surface area (Å²) in [6.45, 7) is 2.58. The van der Waals surface area contributed by atoms with E-state index < -0.39 is 14.8 Å². The number of non-ortho nitro benzene ring substituents is 1. The van der Waals surface area contributed by atoms with Crippen LogP contribution in [0.15, 0.2) is 36.1 Å². The highest BCUT2D eigenvalue weighted by Crippen LogP contribution is 2.43. The van der Waals surface area contributed by atoms with Crippen LogP contribution >= 0.6 is 0 Å². The van der Waals surface area contributed by atoms with Crippen molar-refractivity contribution in [1.82, 2.24) is 4.90 Å². The van der Waals surface area contributed by atoms with Crippen molar-refractivity contribution in [3.8, 4) is 11.5 Å². The number of fused-ring (bicyclic) bond motifs is 2. The smallest absolute Gasteiger partial charge is 0.270 e. The summed E-state index contributed by atoms with van der Waals surface area (Å²) < 4.78 is 35.5. The number of benzene rings is 2. The van der Waals surface area contributed by atoms with Gasteiger partial charge < -0.3 is 9.47 Å². The molecule has 0 spiro atoms. The van der Waals surface area contributed by atoms with Gasteiger partial charge in [0.1, 0.15) is 18.2 Å². The molecule has 1 atom stereocenters. The zero-order valence-corrected chi connectivity index (χ0v) is 18.1. The Morgan fingerprint density at radius 3 is 2.78 bits per heavy atom. The summed E-state index contributed by atoms with van der Waals surface area (Å²) >= 11 is 0. The van der Waals surface area contributed by atoms with E-state index in [4.69, 9.17) is 9.47 Å². The summed E-state index contributed by atoms with van der Waals surface area (Å²) in [5.41, 5.74) is 2.33. The average molecular weight is 456 g/mol. The van der Waals surface area contributed by atoms with Crippen molar-refractivity contribution >= 4 is 27.4 Å². The van der Waals surface area contributed by atoms with Gasteiger partial charge in [0.25, 0.3) is 5.69 Å². The summed E-state index contributed by atoms with van der Waals surface area (Å²) in [6.07, 6.45) is 2.06. The van der Waals surface area contributed by atoms with Crippen molar-refractivity contribution in [1.29, 1.82) is 0 Å². The molecule has 0 saturated carbocycles. The van der Waals surface area contributed by atoms with Gasteiger partial charge >= 0.3 is 0 Å². The maximum Gasteiger partial charge on any atom is 0.270 e. The van der Waals surface area contributed by atoms with Gasteiger partial charge in [-0.25, -0.2) is 8.42 Å². The lowest BCUT2D eigenvalue weighted by Gasteiger charge is -2.33. The molecule has 0 radical (unpaired) electrons. The minimum atomic E-state index is -3.02. The Hall–Kier alpha value is -3.24. The van der Waals surface area contributed by atoms with E-state index in [1.54, 1.807) is 18.2 Å². The highest BCUT2D eigenvalue weighted by Gasteiger charge is 2.37. The molecule has 10 heteroatoms. The van der Waals surface area contributed by atoms with E-state index in [2.05, 4.69) is 0 Å². The second kappa shape index (κ2) is 7.42.